The minimum Gasteiger partial charge on any atom is -0.493 e. The van der Waals surface area contributed by atoms with Crippen LogP contribution in [-0.2, 0) is 9.53 Å². The van der Waals surface area contributed by atoms with Crippen LogP contribution in [0.5, 0.6) is 11.5 Å². The second-order valence-corrected chi connectivity index (χ2v) is 11.1. The third-order valence-electron chi connectivity index (χ3n) is 6.46. The summed E-state index contributed by atoms with van der Waals surface area (Å²) in [7, 11) is 3.01. The summed E-state index contributed by atoms with van der Waals surface area (Å²) < 4.78 is 17.9. The highest BCUT2D eigenvalue weighted by molar-refractivity contribution is 7.99. The molecule has 5 rings (SSSR count). The first-order valence-electron chi connectivity index (χ1n) is 12.9. The predicted molar refractivity (Wildman–Crippen MR) is 159 cm³/mol. The fourth-order valence-corrected chi connectivity index (χ4v) is 6.42. The Morgan fingerprint density at radius 2 is 1.88 bits per heavy atom. The number of allylic oxidation sites excluding steroid dienone is 1. The van der Waals surface area contributed by atoms with Crippen molar-refractivity contribution in [1.29, 1.82) is 0 Å². The summed E-state index contributed by atoms with van der Waals surface area (Å²) >= 11 is 2.18. The summed E-state index contributed by atoms with van der Waals surface area (Å²) in [5.41, 5.74) is 1.08. The van der Waals surface area contributed by atoms with E-state index in [0.717, 1.165) is 23.1 Å². The van der Waals surface area contributed by atoms with E-state index in [2.05, 4.69) is 15.0 Å². The largest absolute Gasteiger partial charge is 0.493 e. The number of fused-ring (bicyclic) bond motifs is 1. The fourth-order valence-electron chi connectivity index (χ4n) is 4.57. The molecule has 0 saturated heterocycles. The number of nitro benzene ring substituents is 1. The van der Waals surface area contributed by atoms with Crippen LogP contribution in [0.4, 0.5) is 5.69 Å². The van der Waals surface area contributed by atoms with Crippen LogP contribution in [0.25, 0.3) is 6.08 Å². The lowest BCUT2D eigenvalue weighted by Crippen LogP contribution is -2.40. The molecule has 220 valence electrons. The Morgan fingerprint density at radius 3 is 2.56 bits per heavy atom. The number of esters is 1. The van der Waals surface area contributed by atoms with E-state index in [1.165, 1.54) is 24.9 Å². The van der Waals surface area contributed by atoms with Gasteiger partial charge in [-0.05, 0) is 67.1 Å². The summed E-state index contributed by atoms with van der Waals surface area (Å²) in [4.78, 5) is 52.1. The molecule has 1 atom stereocenters. The first-order valence-corrected chi connectivity index (χ1v) is 14.5. The highest BCUT2D eigenvalue weighted by atomic mass is 32.2. The van der Waals surface area contributed by atoms with Gasteiger partial charge in [0.25, 0.3) is 11.2 Å². The van der Waals surface area contributed by atoms with E-state index in [9.17, 15) is 19.7 Å². The van der Waals surface area contributed by atoms with Gasteiger partial charge in [0.2, 0.25) is 0 Å². The summed E-state index contributed by atoms with van der Waals surface area (Å²) in [6.07, 6.45) is 4.68. The molecule has 0 unspecified atom stereocenters. The molecule has 0 radical (unpaired) electrons. The van der Waals surface area contributed by atoms with Gasteiger partial charge >= 0.3 is 5.97 Å². The molecule has 3 heterocycles. The monoisotopic (exact) mass is 619 g/mol. The molecule has 43 heavy (non-hydrogen) atoms. The lowest BCUT2D eigenvalue weighted by molar-refractivity contribution is -0.387. The van der Waals surface area contributed by atoms with Crippen LogP contribution in [0, 0.1) is 10.1 Å². The van der Waals surface area contributed by atoms with E-state index in [1.54, 1.807) is 68.7 Å². The summed E-state index contributed by atoms with van der Waals surface area (Å²) in [6.45, 7) is 3.53. The van der Waals surface area contributed by atoms with E-state index >= 15 is 0 Å². The van der Waals surface area contributed by atoms with Gasteiger partial charge in [0.15, 0.2) is 21.5 Å². The molecule has 2 aromatic heterocycles. The average molecular weight is 620 g/mol. The Kier molecular flexibility index (Phi) is 8.68. The van der Waals surface area contributed by atoms with Gasteiger partial charge < -0.3 is 14.2 Å². The van der Waals surface area contributed by atoms with Gasteiger partial charge in [-0.1, -0.05) is 23.5 Å². The van der Waals surface area contributed by atoms with Gasteiger partial charge in [0.1, 0.15) is 0 Å². The smallest absolute Gasteiger partial charge is 0.338 e. The van der Waals surface area contributed by atoms with Crippen molar-refractivity contribution in [1.82, 2.24) is 14.5 Å². The molecule has 0 fully saturated rings. The third kappa shape index (κ3) is 5.92. The minimum absolute atomic E-state index is 0.141. The van der Waals surface area contributed by atoms with Crippen molar-refractivity contribution in [3.63, 3.8) is 0 Å². The van der Waals surface area contributed by atoms with Crippen LogP contribution < -0.4 is 24.4 Å². The molecule has 2 aromatic carbocycles. The van der Waals surface area contributed by atoms with Gasteiger partial charge in [0.05, 0.1) is 52.5 Å². The zero-order chi connectivity index (χ0) is 30.7. The molecule has 14 heteroatoms. The molecule has 0 bridgehead atoms. The SMILES string of the molecule is CCOC(=O)C1=C(C)N=c2s/c(=C/c3ccc(Sc4ncccn4)c([N+](=O)[O-])c3)c(=O)n2[C@H]1c1ccc(OC)c(OC)c1. The number of rotatable bonds is 9. The molecule has 0 amide bonds. The van der Waals surface area contributed by atoms with Gasteiger partial charge in [-0.15, -0.1) is 0 Å². The number of carbonyl (C=O) groups is 1. The van der Waals surface area contributed by atoms with Crippen LogP contribution in [0.15, 0.2) is 86.0 Å². The first-order chi connectivity index (χ1) is 20.7. The third-order valence-corrected chi connectivity index (χ3v) is 8.40. The number of ether oxygens (including phenoxy) is 3. The Balaban J connectivity index is 1.65. The lowest BCUT2D eigenvalue weighted by Gasteiger charge is -2.25. The molecular formula is C29H25N5O7S2. The summed E-state index contributed by atoms with van der Waals surface area (Å²) in [5, 5.41) is 12.3. The van der Waals surface area contributed by atoms with E-state index < -0.39 is 22.5 Å². The van der Waals surface area contributed by atoms with Gasteiger partial charge in [-0.25, -0.2) is 19.8 Å². The maximum absolute atomic E-state index is 13.9. The number of thiazole rings is 1. The Bertz CT molecular complexity index is 1940. The van der Waals surface area contributed by atoms with Crippen molar-refractivity contribution < 1.29 is 23.9 Å². The van der Waals surface area contributed by atoms with Crippen LogP contribution in [0.3, 0.4) is 0 Å². The van der Waals surface area contributed by atoms with E-state index in [0.29, 0.717) is 43.2 Å². The zero-order valence-electron chi connectivity index (χ0n) is 23.5. The molecule has 0 N–H and O–H groups in total. The predicted octanol–water partition coefficient (Wildman–Crippen LogP) is 3.66. The van der Waals surface area contributed by atoms with Gasteiger partial charge in [0, 0.05) is 18.5 Å². The zero-order valence-corrected chi connectivity index (χ0v) is 25.1. The van der Waals surface area contributed by atoms with Crippen molar-refractivity contribution in [3.8, 4) is 11.5 Å². The Morgan fingerprint density at radius 1 is 1.14 bits per heavy atom. The van der Waals surface area contributed by atoms with Crippen molar-refractivity contribution >= 4 is 40.8 Å². The number of hydrogen-bond acceptors (Lipinski definition) is 12. The molecule has 1 aliphatic rings. The maximum atomic E-state index is 13.9. The normalized spacial score (nSPS) is 14.6. The van der Waals surface area contributed by atoms with Gasteiger partial charge in [-0.3, -0.25) is 19.5 Å². The van der Waals surface area contributed by atoms with E-state index in [-0.39, 0.29) is 22.4 Å². The van der Waals surface area contributed by atoms with Crippen molar-refractivity contribution in [2.45, 2.75) is 29.9 Å². The van der Waals surface area contributed by atoms with Crippen molar-refractivity contribution in [2.75, 3.05) is 20.8 Å². The number of methoxy groups -OCH3 is 2. The second kappa shape index (κ2) is 12.6. The van der Waals surface area contributed by atoms with Crippen molar-refractivity contribution in [2.24, 2.45) is 4.99 Å². The van der Waals surface area contributed by atoms with Crippen LogP contribution in [0.2, 0.25) is 0 Å². The number of nitro groups is 1. The number of carbonyl (C=O) groups excluding carboxylic acids is 1. The van der Waals surface area contributed by atoms with Crippen LogP contribution >= 0.6 is 23.1 Å². The summed E-state index contributed by atoms with van der Waals surface area (Å²) in [6, 6.07) is 10.6. The minimum atomic E-state index is -0.865. The maximum Gasteiger partial charge on any atom is 0.338 e. The lowest BCUT2D eigenvalue weighted by atomic mass is 9.95. The van der Waals surface area contributed by atoms with Gasteiger partial charge in [-0.2, -0.15) is 0 Å². The molecule has 0 saturated carbocycles. The molecule has 0 aliphatic carbocycles. The topological polar surface area (TPSA) is 148 Å². The molecule has 12 nitrogen and oxygen atoms in total. The summed E-state index contributed by atoms with van der Waals surface area (Å²) in [5.74, 6) is 0.314. The molecule has 0 spiro atoms. The van der Waals surface area contributed by atoms with Crippen LogP contribution in [-0.4, -0.2) is 46.3 Å². The average Bonchev–Trinajstić information content (AvgIpc) is 3.30. The van der Waals surface area contributed by atoms with E-state index in [4.69, 9.17) is 14.2 Å². The van der Waals surface area contributed by atoms with Crippen LogP contribution in [0.1, 0.15) is 31.0 Å². The standard InChI is InChI=1S/C29H25N5O7S2/c1-5-41-27(36)24-16(2)32-29-33(25(24)18-8-9-20(39-3)21(15-18)40-4)26(35)23(43-29)14-17-7-10-22(19(13-17)34(37)38)42-28-30-11-6-12-31-28/h6-15,25H,5H2,1-4H3/b23-14+/t25-/m0/s1. The number of nitrogens with zero attached hydrogens (tertiary/aromatic N) is 5. The quantitative estimate of drug-likeness (QED) is 0.118. The van der Waals surface area contributed by atoms with Crippen molar-refractivity contribution in [3.05, 3.63) is 107 Å². The van der Waals surface area contributed by atoms with E-state index in [1.807, 2.05) is 0 Å². The number of benzene rings is 2. The molecule has 4 aromatic rings. The molecule has 1 aliphatic heterocycles. The highest BCUT2D eigenvalue weighted by Crippen LogP contribution is 2.36. The first kappa shape index (κ1) is 29.7. The second-order valence-electron chi connectivity index (χ2n) is 9.03. The Hall–Kier alpha value is -4.82. The Labute approximate surface area is 253 Å². The highest BCUT2D eigenvalue weighted by Gasteiger charge is 2.34. The number of hydrogen-bond donors (Lipinski definition) is 0. The molecular weight excluding hydrogens is 594 g/mol. The fraction of sp³-hybridized carbons (Fsp3) is 0.207. The number of aromatic nitrogens is 3.